The highest BCUT2D eigenvalue weighted by Crippen LogP contribution is 2.23. The molecule has 0 N–H and O–H groups in total. The Labute approximate surface area is 105 Å². The molecule has 1 unspecified atom stereocenters. The smallest absolute Gasteiger partial charge is 0.150 e. The van der Waals surface area contributed by atoms with Crippen molar-refractivity contribution in [2.75, 3.05) is 0 Å². The molecule has 18 heavy (non-hydrogen) atoms. The van der Waals surface area contributed by atoms with E-state index in [0.29, 0.717) is 12.0 Å². The third-order valence-corrected chi connectivity index (χ3v) is 2.61. The number of hydrogen-bond acceptors (Lipinski definition) is 2. The average molecular weight is 244 g/mol. The van der Waals surface area contributed by atoms with Gasteiger partial charge in [-0.15, -0.1) is 0 Å². The lowest BCUT2D eigenvalue weighted by atomic mass is 10.1. The normalized spacial score (nSPS) is 11.9. The van der Waals surface area contributed by atoms with E-state index in [0.717, 1.165) is 5.56 Å². The van der Waals surface area contributed by atoms with E-state index in [1.54, 1.807) is 0 Å². The summed E-state index contributed by atoms with van der Waals surface area (Å²) in [6.07, 6.45) is 0.399. The summed E-state index contributed by atoms with van der Waals surface area (Å²) in [4.78, 5) is 10.6. The molecule has 0 aromatic heterocycles. The molecule has 0 saturated carbocycles. The molecule has 3 heteroatoms. The first-order valence-corrected chi connectivity index (χ1v) is 5.66. The molecule has 0 bridgehead atoms. The highest BCUT2D eigenvalue weighted by Gasteiger charge is 2.08. The van der Waals surface area contributed by atoms with Crippen molar-refractivity contribution in [3.05, 3.63) is 65.5 Å². The van der Waals surface area contributed by atoms with Gasteiger partial charge in [-0.05, 0) is 24.6 Å². The lowest BCUT2D eigenvalue weighted by Gasteiger charge is -2.15. The zero-order valence-corrected chi connectivity index (χ0v) is 9.97. The van der Waals surface area contributed by atoms with E-state index in [1.165, 1.54) is 18.2 Å². The molecule has 0 heterocycles. The molecule has 2 rings (SSSR count). The Morgan fingerprint density at radius 2 is 1.89 bits per heavy atom. The summed E-state index contributed by atoms with van der Waals surface area (Å²) >= 11 is 0. The Hall–Kier alpha value is -2.16. The first-order chi connectivity index (χ1) is 8.69. The molecule has 92 valence electrons. The van der Waals surface area contributed by atoms with E-state index in [9.17, 15) is 9.18 Å². The fraction of sp³-hybridized carbons (Fsp3) is 0.133. The van der Waals surface area contributed by atoms with Gasteiger partial charge in [0.2, 0.25) is 0 Å². The number of benzene rings is 2. The molecular weight excluding hydrogens is 231 g/mol. The van der Waals surface area contributed by atoms with E-state index in [2.05, 4.69) is 0 Å². The number of ether oxygens (including phenoxy) is 1. The Balaban J connectivity index is 2.19. The van der Waals surface area contributed by atoms with Crippen LogP contribution in [0.1, 0.15) is 28.9 Å². The minimum absolute atomic E-state index is 0.201. The van der Waals surface area contributed by atoms with Crippen LogP contribution < -0.4 is 4.74 Å². The van der Waals surface area contributed by atoms with Crippen LogP contribution in [0.2, 0.25) is 0 Å². The zero-order valence-electron chi connectivity index (χ0n) is 9.97. The zero-order chi connectivity index (χ0) is 13.0. The molecule has 0 amide bonds. The van der Waals surface area contributed by atoms with Crippen molar-refractivity contribution in [3.8, 4) is 5.75 Å². The Kier molecular flexibility index (Phi) is 3.72. The lowest BCUT2D eigenvalue weighted by Crippen LogP contribution is -2.03. The SMILES string of the molecule is CC(Oc1cc(F)cc(C=O)c1)c1ccccc1. The number of aldehydes is 1. The first kappa shape index (κ1) is 12.3. The Morgan fingerprint density at radius 3 is 2.56 bits per heavy atom. The quantitative estimate of drug-likeness (QED) is 0.765. The van der Waals surface area contributed by atoms with Crippen molar-refractivity contribution >= 4 is 6.29 Å². The second-order valence-corrected chi connectivity index (χ2v) is 4.01. The van der Waals surface area contributed by atoms with E-state index in [-0.39, 0.29) is 11.7 Å². The van der Waals surface area contributed by atoms with Crippen LogP contribution in [0, 0.1) is 5.82 Å². The van der Waals surface area contributed by atoms with Gasteiger partial charge in [-0.25, -0.2) is 4.39 Å². The van der Waals surface area contributed by atoms with Crippen LogP contribution in [0.4, 0.5) is 4.39 Å². The summed E-state index contributed by atoms with van der Waals surface area (Å²) in [6.45, 7) is 1.88. The summed E-state index contributed by atoms with van der Waals surface area (Å²) in [5.74, 6) is -0.122. The maximum Gasteiger partial charge on any atom is 0.150 e. The van der Waals surface area contributed by atoms with Crippen molar-refractivity contribution in [1.29, 1.82) is 0 Å². The van der Waals surface area contributed by atoms with Crippen molar-refractivity contribution < 1.29 is 13.9 Å². The van der Waals surface area contributed by atoms with Crippen molar-refractivity contribution in [1.82, 2.24) is 0 Å². The summed E-state index contributed by atoms with van der Waals surface area (Å²) < 4.78 is 18.9. The van der Waals surface area contributed by atoms with E-state index in [4.69, 9.17) is 4.74 Å². The van der Waals surface area contributed by atoms with Gasteiger partial charge in [-0.3, -0.25) is 4.79 Å². The third-order valence-electron chi connectivity index (χ3n) is 2.61. The molecule has 2 nitrogen and oxygen atoms in total. The minimum atomic E-state index is -0.477. The van der Waals surface area contributed by atoms with Gasteiger partial charge < -0.3 is 4.74 Å². The summed E-state index contributed by atoms with van der Waals surface area (Å²) in [5.41, 5.74) is 1.26. The van der Waals surface area contributed by atoms with Gasteiger partial charge in [-0.2, -0.15) is 0 Å². The molecule has 2 aromatic carbocycles. The number of carbonyl (C=O) groups excluding carboxylic acids is 1. The maximum absolute atomic E-state index is 13.2. The minimum Gasteiger partial charge on any atom is -0.486 e. The molecule has 0 aliphatic rings. The number of carbonyl (C=O) groups is 1. The topological polar surface area (TPSA) is 26.3 Å². The van der Waals surface area contributed by atoms with E-state index >= 15 is 0 Å². The second-order valence-electron chi connectivity index (χ2n) is 4.01. The molecule has 0 radical (unpaired) electrons. The Morgan fingerprint density at radius 1 is 1.17 bits per heavy atom. The molecule has 2 aromatic rings. The van der Waals surface area contributed by atoms with Crippen LogP contribution in [0.5, 0.6) is 5.75 Å². The van der Waals surface area contributed by atoms with Crippen LogP contribution in [0.15, 0.2) is 48.5 Å². The molecule has 0 saturated heterocycles. The maximum atomic E-state index is 13.2. The summed E-state index contributed by atoms with van der Waals surface area (Å²) in [7, 11) is 0. The van der Waals surface area contributed by atoms with Gasteiger partial charge in [-0.1, -0.05) is 30.3 Å². The standard InChI is InChI=1S/C15H13FO2/c1-11(13-5-3-2-4-6-13)18-15-8-12(10-17)7-14(16)9-15/h2-11H,1H3. The van der Waals surface area contributed by atoms with E-state index < -0.39 is 5.82 Å². The largest absolute Gasteiger partial charge is 0.486 e. The molecule has 1 atom stereocenters. The molecule has 0 aliphatic heterocycles. The van der Waals surface area contributed by atoms with Crippen LogP contribution >= 0.6 is 0 Å². The van der Waals surface area contributed by atoms with Gasteiger partial charge in [0.25, 0.3) is 0 Å². The van der Waals surface area contributed by atoms with Crippen molar-refractivity contribution in [2.45, 2.75) is 13.0 Å². The predicted molar refractivity (Wildman–Crippen MR) is 67.3 cm³/mol. The third kappa shape index (κ3) is 2.94. The van der Waals surface area contributed by atoms with Gasteiger partial charge in [0, 0.05) is 11.6 Å². The van der Waals surface area contributed by atoms with Gasteiger partial charge >= 0.3 is 0 Å². The van der Waals surface area contributed by atoms with Crippen molar-refractivity contribution in [3.63, 3.8) is 0 Å². The monoisotopic (exact) mass is 244 g/mol. The highest BCUT2D eigenvalue weighted by atomic mass is 19.1. The molecule has 0 aliphatic carbocycles. The van der Waals surface area contributed by atoms with E-state index in [1.807, 2.05) is 37.3 Å². The predicted octanol–water partition coefficient (Wildman–Crippen LogP) is 3.78. The van der Waals surface area contributed by atoms with Crippen LogP contribution in [-0.4, -0.2) is 6.29 Å². The summed E-state index contributed by atoms with van der Waals surface area (Å²) in [6, 6.07) is 13.6. The average Bonchev–Trinajstić information content (AvgIpc) is 2.39. The van der Waals surface area contributed by atoms with Gasteiger partial charge in [0.1, 0.15) is 24.0 Å². The fourth-order valence-corrected chi connectivity index (χ4v) is 1.72. The molecule has 0 fully saturated rings. The Bertz CT molecular complexity index is 537. The van der Waals surface area contributed by atoms with Crippen LogP contribution in [-0.2, 0) is 0 Å². The second kappa shape index (κ2) is 5.45. The van der Waals surface area contributed by atoms with Crippen LogP contribution in [0.25, 0.3) is 0 Å². The number of hydrogen-bond donors (Lipinski definition) is 0. The van der Waals surface area contributed by atoms with Gasteiger partial charge in [0.05, 0.1) is 0 Å². The van der Waals surface area contributed by atoms with Crippen molar-refractivity contribution in [2.24, 2.45) is 0 Å². The highest BCUT2D eigenvalue weighted by molar-refractivity contribution is 5.75. The molecular formula is C15H13FO2. The van der Waals surface area contributed by atoms with Gasteiger partial charge in [0.15, 0.2) is 0 Å². The lowest BCUT2D eigenvalue weighted by molar-refractivity contribution is 0.112. The summed E-state index contributed by atoms with van der Waals surface area (Å²) in [5, 5.41) is 0. The number of rotatable bonds is 4. The molecule has 0 spiro atoms. The van der Waals surface area contributed by atoms with Crippen LogP contribution in [0.3, 0.4) is 0 Å². The number of halogens is 1. The fourth-order valence-electron chi connectivity index (χ4n) is 1.72. The first-order valence-electron chi connectivity index (χ1n) is 5.66.